The molecule has 2 nitrogen and oxygen atoms in total. The van der Waals surface area contributed by atoms with Crippen molar-refractivity contribution in [1.82, 2.24) is 0 Å². The van der Waals surface area contributed by atoms with Crippen LogP contribution < -0.4 is 0 Å². The number of rotatable bonds is 8. The van der Waals surface area contributed by atoms with E-state index < -0.39 is 5.97 Å². The summed E-state index contributed by atoms with van der Waals surface area (Å²) >= 11 is 0. The van der Waals surface area contributed by atoms with E-state index in [0.29, 0.717) is 11.5 Å². The third-order valence-corrected chi connectivity index (χ3v) is 6.60. The second kappa shape index (κ2) is 10.3. The summed E-state index contributed by atoms with van der Waals surface area (Å²) in [5, 5.41) is 9.39. The van der Waals surface area contributed by atoms with Gasteiger partial charge in [0.25, 0.3) is 0 Å². The number of carboxylic acid groups (broad SMARTS) is 1. The maximum absolute atomic E-state index is 11.4. The molecule has 0 heterocycles. The molecule has 2 aliphatic rings. The summed E-state index contributed by atoms with van der Waals surface area (Å²) < 4.78 is 0. The number of carbonyl (C=O) groups is 1. The lowest BCUT2D eigenvalue weighted by molar-refractivity contribution is -0.133. The highest BCUT2D eigenvalue weighted by molar-refractivity contribution is 5.87. The lowest BCUT2D eigenvalue weighted by Gasteiger charge is -2.32. The van der Waals surface area contributed by atoms with Gasteiger partial charge in [0.15, 0.2) is 0 Å². The third-order valence-electron chi connectivity index (χ3n) is 6.60. The second-order valence-electron chi connectivity index (χ2n) is 8.34. The summed E-state index contributed by atoms with van der Waals surface area (Å²) in [5.41, 5.74) is 0.685. The van der Waals surface area contributed by atoms with Crippen LogP contribution in [0.15, 0.2) is 11.6 Å². The van der Waals surface area contributed by atoms with Crippen LogP contribution >= 0.6 is 0 Å². The van der Waals surface area contributed by atoms with Gasteiger partial charge >= 0.3 is 5.97 Å². The van der Waals surface area contributed by atoms with E-state index in [0.717, 1.165) is 37.0 Å². The average molecular weight is 335 g/mol. The lowest BCUT2D eigenvalue weighted by atomic mass is 9.73. The number of carboxylic acids is 1. The monoisotopic (exact) mass is 334 g/mol. The van der Waals surface area contributed by atoms with Crippen LogP contribution in [0.4, 0.5) is 0 Å². The molecule has 138 valence electrons. The summed E-state index contributed by atoms with van der Waals surface area (Å²) in [6, 6.07) is 0. The number of allylic oxidation sites excluding steroid dienone is 1. The van der Waals surface area contributed by atoms with Crippen molar-refractivity contribution < 1.29 is 9.90 Å². The van der Waals surface area contributed by atoms with Crippen LogP contribution in [0, 0.1) is 23.7 Å². The zero-order valence-corrected chi connectivity index (χ0v) is 15.9. The van der Waals surface area contributed by atoms with E-state index in [4.69, 9.17) is 0 Å². The van der Waals surface area contributed by atoms with Crippen molar-refractivity contribution >= 4 is 5.97 Å². The molecule has 2 saturated carbocycles. The molecule has 2 aliphatic carbocycles. The minimum atomic E-state index is -0.691. The second-order valence-corrected chi connectivity index (χ2v) is 8.34. The van der Waals surface area contributed by atoms with Crippen molar-refractivity contribution in [1.29, 1.82) is 0 Å². The molecular formula is C22H38O2. The van der Waals surface area contributed by atoms with Gasteiger partial charge in [-0.1, -0.05) is 71.3 Å². The Morgan fingerprint density at radius 3 is 1.71 bits per heavy atom. The zero-order chi connectivity index (χ0) is 17.4. The summed E-state index contributed by atoms with van der Waals surface area (Å²) in [6.07, 6.45) is 18.9. The first-order chi connectivity index (χ1) is 11.6. The molecule has 0 bridgehead atoms. The van der Waals surface area contributed by atoms with Crippen LogP contribution in [-0.4, -0.2) is 11.1 Å². The van der Waals surface area contributed by atoms with Gasteiger partial charge < -0.3 is 5.11 Å². The Morgan fingerprint density at radius 1 is 0.833 bits per heavy atom. The molecule has 0 aromatic heterocycles. The summed E-state index contributed by atoms with van der Waals surface area (Å²) in [5.74, 6) is 2.46. The van der Waals surface area contributed by atoms with E-state index in [1.54, 1.807) is 0 Å². The van der Waals surface area contributed by atoms with E-state index in [1.807, 2.05) is 13.0 Å². The van der Waals surface area contributed by atoms with Gasteiger partial charge in [-0.25, -0.2) is 4.79 Å². The average Bonchev–Trinajstić information content (AvgIpc) is 2.60. The van der Waals surface area contributed by atoms with Crippen molar-refractivity contribution in [2.75, 3.05) is 0 Å². The number of hydrogen-bond acceptors (Lipinski definition) is 1. The highest BCUT2D eigenvalue weighted by Gasteiger charge is 2.27. The molecule has 0 aliphatic heterocycles. The molecule has 0 aromatic carbocycles. The Kier molecular flexibility index (Phi) is 8.35. The molecule has 0 amide bonds. The van der Waals surface area contributed by atoms with Crippen molar-refractivity contribution in [2.24, 2.45) is 23.7 Å². The van der Waals surface area contributed by atoms with Crippen LogP contribution in [0.5, 0.6) is 0 Å². The van der Waals surface area contributed by atoms with Gasteiger partial charge in [0.2, 0.25) is 0 Å². The SMILES string of the molecule is CCC=C(C(=O)O)C1CCC(CCC2CCC(CCC)CC2)CC1. The minimum absolute atomic E-state index is 0.309. The van der Waals surface area contributed by atoms with Gasteiger partial charge in [-0.2, -0.15) is 0 Å². The van der Waals surface area contributed by atoms with Gasteiger partial charge in [-0.05, 0) is 55.8 Å². The Morgan fingerprint density at radius 2 is 1.29 bits per heavy atom. The highest BCUT2D eigenvalue weighted by Crippen LogP contribution is 2.39. The largest absolute Gasteiger partial charge is 0.478 e. The third kappa shape index (κ3) is 5.93. The van der Waals surface area contributed by atoms with E-state index in [2.05, 4.69) is 6.92 Å². The molecular weight excluding hydrogens is 296 g/mol. The smallest absolute Gasteiger partial charge is 0.331 e. The molecule has 2 rings (SSSR count). The molecule has 0 atom stereocenters. The molecule has 2 heteroatoms. The van der Waals surface area contributed by atoms with Crippen molar-refractivity contribution in [2.45, 2.75) is 97.3 Å². The summed E-state index contributed by atoms with van der Waals surface area (Å²) in [4.78, 5) is 11.4. The van der Waals surface area contributed by atoms with E-state index in [-0.39, 0.29) is 0 Å². The van der Waals surface area contributed by atoms with Gasteiger partial charge in [0.05, 0.1) is 0 Å². The predicted octanol–water partition coefficient (Wildman–Crippen LogP) is 6.60. The predicted molar refractivity (Wildman–Crippen MR) is 101 cm³/mol. The van der Waals surface area contributed by atoms with Crippen molar-refractivity contribution in [3.05, 3.63) is 11.6 Å². The van der Waals surface area contributed by atoms with Gasteiger partial charge in [-0.15, -0.1) is 0 Å². The van der Waals surface area contributed by atoms with E-state index in [9.17, 15) is 9.90 Å². The standard InChI is InChI=1S/C22H38O2/c1-3-5-17-7-9-18(10-8-17)11-12-19-13-15-20(16-14-19)21(6-4-2)22(23)24/h6,17-20H,3-5,7-16H2,1-2H3,(H,23,24). The maximum Gasteiger partial charge on any atom is 0.331 e. The number of hydrogen-bond donors (Lipinski definition) is 1. The fraction of sp³-hybridized carbons (Fsp3) is 0.864. The fourth-order valence-corrected chi connectivity index (χ4v) is 5.10. The molecule has 0 aromatic rings. The van der Waals surface area contributed by atoms with Crippen molar-refractivity contribution in [3.63, 3.8) is 0 Å². The van der Waals surface area contributed by atoms with Crippen molar-refractivity contribution in [3.8, 4) is 0 Å². The Labute approximate surface area is 149 Å². The van der Waals surface area contributed by atoms with Crippen LogP contribution in [-0.2, 0) is 4.79 Å². The molecule has 0 radical (unpaired) electrons. The topological polar surface area (TPSA) is 37.3 Å². The molecule has 0 saturated heterocycles. The van der Waals surface area contributed by atoms with Crippen LogP contribution in [0.1, 0.15) is 97.3 Å². The van der Waals surface area contributed by atoms with Gasteiger partial charge in [-0.3, -0.25) is 0 Å². The Hall–Kier alpha value is -0.790. The van der Waals surface area contributed by atoms with Crippen LogP contribution in [0.2, 0.25) is 0 Å². The normalized spacial score (nSPS) is 31.8. The van der Waals surface area contributed by atoms with Crippen LogP contribution in [0.3, 0.4) is 0 Å². The van der Waals surface area contributed by atoms with Gasteiger partial charge in [0.1, 0.15) is 0 Å². The minimum Gasteiger partial charge on any atom is -0.478 e. The molecule has 0 spiro atoms. The molecule has 0 unspecified atom stereocenters. The maximum atomic E-state index is 11.4. The van der Waals surface area contributed by atoms with Gasteiger partial charge in [0, 0.05) is 5.57 Å². The summed E-state index contributed by atoms with van der Waals surface area (Å²) in [6.45, 7) is 4.34. The van der Waals surface area contributed by atoms with E-state index in [1.165, 1.54) is 64.2 Å². The molecule has 24 heavy (non-hydrogen) atoms. The first kappa shape index (κ1) is 19.5. The Balaban J connectivity index is 1.67. The Bertz CT molecular complexity index is 396. The molecule has 1 N–H and O–H groups in total. The number of aliphatic carboxylic acids is 1. The zero-order valence-electron chi connectivity index (χ0n) is 15.9. The van der Waals surface area contributed by atoms with Crippen LogP contribution in [0.25, 0.3) is 0 Å². The molecule has 2 fully saturated rings. The first-order valence-electron chi connectivity index (χ1n) is 10.6. The van der Waals surface area contributed by atoms with E-state index >= 15 is 0 Å². The summed E-state index contributed by atoms with van der Waals surface area (Å²) in [7, 11) is 0. The highest BCUT2D eigenvalue weighted by atomic mass is 16.4. The fourth-order valence-electron chi connectivity index (χ4n) is 5.10. The first-order valence-corrected chi connectivity index (χ1v) is 10.6. The quantitative estimate of drug-likeness (QED) is 0.508. The lowest BCUT2D eigenvalue weighted by Crippen LogP contribution is -2.21.